The number of nitrogens with one attached hydrogen (secondary N) is 1. The number of halogens is 4. The molecule has 2 aromatic carbocycles. The number of sulfone groups is 1. The molecule has 170 valence electrons. The number of carboxylic acid groups (broad SMARTS) is 1. The van der Waals surface area contributed by atoms with E-state index in [1.54, 1.807) is 0 Å². The van der Waals surface area contributed by atoms with Gasteiger partial charge in [-0.2, -0.15) is 13.2 Å². The van der Waals surface area contributed by atoms with Crippen molar-refractivity contribution in [1.82, 2.24) is 5.32 Å². The molecule has 2 N–H and O–H groups in total. The van der Waals surface area contributed by atoms with E-state index in [0.29, 0.717) is 11.1 Å². The molecule has 0 aromatic heterocycles. The fourth-order valence-corrected chi connectivity index (χ4v) is 3.68. The van der Waals surface area contributed by atoms with Crippen molar-refractivity contribution in [3.8, 4) is 11.1 Å². The van der Waals surface area contributed by atoms with Crippen LogP contribution in [0.4, 0.5) is 17.6 Å². The first kappa shape index (κ1) is 24.8. The maximum Gasteiger partial charge on any atom is 0.407 e. The molecule has 2 atom stereocenters. The molecule has 0 fully saturated rings. The van der Waals surface area contributed by atoms with E-state index in [9.17, 15) is 35.9 Å². The molecule has 0 spiro atoms. The zero-order valence-corrected chi connectivity index (χ0v) is 17.9. The molecule has 0 unspecified atom stereocenters. The third-order valence-corrected chi connectivity index (χ3v) is 5.67. The number of hydrogen-bond donors (Lipinski definition) is 2. The Morgan fingerprint density at radius 2 is 1.42 bits per heavy atom. The standard InChI is InChI=1S/C21H23F4NO4S/c1-20(2,22)12-17(19(27)28)26-18(21(23,24)25)15-6-4-13(5-7-15)14-8-10-16(11-9-14)31(3,29)30/h4-11,17-18,26H,12H2,1-3H3,(H,27,28)/t17-,18+/m0/s1. The van der Waals surface area contributed by atoms with Gasteiger partial charge in [-0.05, 0) is 42.7 Å². The lowest BCUT2D eigenvalue weighted by Gasteiger charge is -2.28. The summed E-state index contributed by atoms with van der Waals surface area (Å²) in [5, 5.41) is 11.2. The monoisotopic (exact) mass is 461 g/mol. The fraction of sp³-hybridized carbons (Fsp3) is 0.381. The van der Waals surface area contributed by atoms with Gasteiger partial charge in [0.25, 0.3) is 0 Å². The van der Waals surface area contributed by atoms with E-state index in [2.05, 4.69) is 0 Å². The van der Waals surface area contributed by atoms with Crippen molar-refractivity contribution in [3.63, 3.8) is 0 Å². The Morgan fingerprint density at radius 3 is 1.77 bits per heavy atom. The molecular weight excluding hydrogens is 438 g/mol. The number of carboxylic acids is 1. The molecule has 0 aliphatic rings. The van der Waals surface area contributed by atoms with Gasteiger partial charge in [-0.1, -0.05) is 36.4 Å². The summed E-state index contributed by atoms with van der Waals surface area (Å²) < 4.78 is 77.9. The normalized spacial score (nSPS) is 14.8. The first-order valence-corrected chi connectivity index (χ1v) is 11.1. The van der Waals surface area contributed by atoms with Crippen molar-refractivity contribution in [3.05, 3.63) is 54.1 Å². The number of hydrogen-bond acceptors (Lipinski definition) is 4. The minimum atomic E-state index is -4.81. The topological polar surface area (TPSA) is 83.5 Å². The van der Waals surface area contributed by atoms with Crippen LogP contribution in [0.3, 0.4) is 0 Å². The van der Waals surface area contributed by atoms with Crippen molar-refractivity contribution in [2.45, 2.75) is 49.1 Å². The highest BCUT2D eigenvalue weighted by Gasteiger charge is 2.43. The van der Waals surface area contributed by atoms with Crippen LogP contribution >= 0.6 is 0 Å². The minimum absolute atomic E-state index is 0.115. The number of rotatable bonds is 8. The summed E-state index contributed by atoms with van der Waals surface area (Å²) in [5.41, 5.74) is -1.07. The lowest BCUT2D eigenvalue weighted by Crippen LogP contribution is -2.47. The first-order chi connectivity index (χ1) is 14.1. The second kappa shape index (κ2) is 8.96. The van der Waals surface area contributed by atoms with Crippen LogP contribution < -0.4 is 5.32 Å². The second-order valence-electron chi connectivity index (χ2n) is 7.87. The van der Waals surface area contributed by atoms with Crippen LogP contribution in [-0.4, -0.2) is 43.6 Å². The average Bonchev–Trinajstić information content (AvgIpc) is 2.62. The Hall–Kier alpha value is -2.46. The molecule has 0 saturated carbocycles. The van der Waals surface area contributed by atoms with Crippen molar-refractivity contribution in [1.29, 1.82) is 0 Å². The Bertz CT molecular complexity index is 1010. The van der Waals surface area contributed by atoms with E-state index in [-0.39, 0.29) is 10.5 Å². The van der Waals surface area contributed by atoms with Gasteiger partial charge in [-0.3, -0.25) is 10.1 Å². The third-order valence-electron chi connectivity index (χ3n) is 4.54. The number of benzene rings is 2. The lowest BCUT2D eigenvalue weighted by atomic mass is 9.97. The Balaban J connectivity index is 2.32. The van der Waals surface area contributed by atoms with E-state index in [0.717, 1.165) is 20.1 Å². The SMILES string of the molecule is CC(C)(F)C[C@H](N[C@H](c1ccc(-c2ccc(S(C)(=O)=O)cc2)cc1)C(F)(F)F)C(=O)O. The zero-order valence-electron chi connectivity index (χ0n) is 17.1. The van der Waals surface area contributed by atoms with Gasteiger partial charge in [0.1, 0.15) is 17.8 Å². The molecule has 0 amide bonds. The van der Waals surface area contributed by atoms with Crippen LogP contribution in [0.25, 0.3) is 11.1 Å². The van der Waals surface area contributed by atoms with Crippen LogP contribution in [0.15, 0.2) is 53.4 Å². The summed E-state index contributed by atoms with van der Waals surface area (Å²) in [7, 11) is -3.38. The Kier molecular flexibility index (Phi) is 7.17. The van der Waals surface area contributed by atoms with E-state index >= 15 is 0 Å². The fourth-order valence-electron chi connectivity index (χ4n) is 3.05. The van der Waals surface area contributed by atoms with Crippen LogP contribution in [0.1, 0.15) is 31.9 Å². The predicted octanol–water partition coefficient (Wildman–Crippen LogP) is 4.54. The summed E-state index contributed by atoms with van der Waals surface area (Å²) >= 11 is 0. The molecule has 2 rings (SSSR count). The summed E-state index contributed by atoms with van der Waals surface area (Å²) in [4.78, 5) is 11.5. The van der Waals surface area contributed by atoms with Crippen molar-refractivity contribution < 1.29 is 35.9 Å². The van der Waals surface area contributed by atoms with Gasteiger partial charge in [0.05, 0.1) is 4.90 Å². The van der Waals surface area contributed by atoms with Gasteiger partial charge >= 0.3 is 12.1 Å². The number of carbonyl (C=O) groups is 1. The minimum Gasteiger partial charge on any atom is -0.480 e. The quantitative estimate of drug-likeness (QED) is 0.564. The Labute approximate surface area is 178 Å². The molecular formula is C21H23F4NO4S. The van der Waals surface area contributed by atoms with Gasteiger partial charge < -0.3 is 5.11 Å². The van der Waals surface area contributed by atoms with Crippen molar-refractivity contribution >= 4 is 15.8 Å². The first-order valence-electron chi connectivity index (χ1n) is 9.23. The van der Waals surface area contributed by atoms with Crippen molar-refractivity contribution in [2.75, 3.05) is 6.26 Å². The zero-order chi connectivity index (χ0) is 23.6. The highest BCUT2D eigenvalue weighted by atomic mass is 32.2. The molecule has 0 heterocycles. The smallest absolute Gasteiger partial charge is 0.407 e. The molecule has 0 saturated heterocycles. The molecule has 31 heavy (non-hydrogen) atoms. The summed E-state index contributed by atoms with van der Waals surface area (Å²) in [6.07, 6.45) is -4.39. The van der Waals surface area contributed by atoms with Crippen LogP contribution in [0.5, 0.6) is 0 Å². The van der Waals surface area contributed by atoms with Gasteiger partial charge in [0, 0.05) is 12.7 Å². The molecule has 0 bridgehead atoms. The highest BCUT2D eigenvalue weighted by Crippen LogP contribution is 2.35. The predicted molar refractivity (Wildman–Crippen MR) is 108 cm³/mol. The van der Waals surface area contributed by atoms with Crippen molar-refractivity contribution in [2.24, 2.45) is 0 Å². The highest BCUT2D eigenvalue weighted by molar-refractivity contribution is 7.90. The van der Waals surface area contributed by atoms with Gasteiger partial charge in [-0.15, -0.1) is 0 Å². The maximum absolute atomic E-state index is 13.9. The van der Waals surface area contributed by atoms with Gasteiger partial charge in [-0.25, -0.2) is 12.8 Å². The molecule has 0 aliphatic heterocycles. The maximum atomic E-state index is 13.9. The second-order valence-corrected chi connectivity index (χ2v) is 9.89. The van der Waals surface area contributed by atoms with E-state index in [4.69, 9.17) is 0 Å². The van der Waals surface area contributed by atoms with E-state index < -0.39 is 46.2 Å². The van der Waals surface area contributed by atoms with Gasteiger partial charge in [0.15, 0.2) is 9.84 Å². The summed E-state index contributed by atoms with van der Waals surface area (Å²) in [6.45, 7) is 2.19. The largest absolute Gasteiger partial charge is 0.480 e. The van der Waals surface area contributed by atoms with Crippen LogP contribution in [-0.2, 0) is 14.6 Å². The number of aliphatic carboxylic acids is 1. The Morgan fingerprint density at radius 1 is 0.968 bits per heavy atom. The molecule has 0 aliphatic carbocycles. The molecule has 0 radical (unpaired) electrons. The molecule has 10 heteroatoms. The number of alkyl halides is 4. The van der Waals surface area contributed by atoms with E-state index in [1.165, 1.54) is 48.5 Å². The van der Waals surface area contributed by atoms with Gasteiger partial charge in [0.2, 0.25) is 0 Å². The molecule has 5 nitrogen and oxygen atoms in total. The van der Waals surface area contributed by atoms with Crippen LogP contribution in [0.2, 0.25) is 0 Å². The molecule has 2 aromatic rings. The summed E-state index contributed by atoms with van der Waals surface area (Å²) in [6, 6.07) is 7.05. The van der Waals surface area contributed by atoms with Crippen LogP contribution in [0, 0.1) is 0 Å². The summed E-state index contributed by atoms with van der Waals surface area (Å²) in [5.74, 6) is -1.58. The third kappa shape index (κ3) is 7.03. The van der Waals surface area contributed by atoms with E-state index in [1.807, 2.05) is 5.32 Å². The lowest BCUT2D eigenvalue weighted by molar-refractivity contribution is -0.164. The average molecular weight is 461 g/mol.